The van der Waals surface area contributed by atoms with Crippen molar-refractivity contribution in [3.05, 3.63) is 59.2 Å². The van der Waals surface area contributed by atoms with Crippen molar-refractivity contribution in [1.82, 2.24) is 10.2 Å². The maximum Gasteiger partial charge on any atom is 0.326 e. The number of halogens is 1. The van der Waals surface area contributed by atoms with Crippen molar-refractivity contribution in [2.24, 2.45) is 0 Å². The van der Waals surface area contributed by atoms with Crippen LogP contribution in [0.2, 0.25) is 0 Å². The van der Waals surface area contributed by atoms with Crippen molar-refractivity contribution in [1.29, 1.82) is 0 Å². The number of urea groups is 1. The molecule has 0 bridgehead atoms. The summed E-state index contributed by atoms with van der Waals surface area (Å²) in [5.41, 5.74) is 1.86. The van der Waals surface area contributed by atoms with E-state index >= 15 is 4.39 Å². The highest BCUT2D eigenvalue weighted by atomic mass is 32.2. The molecule has 0 saturated carbocycles. The molecule has 1 fully saturated rings. The van der Waals surface area contributed by atoms with Crippen LogP contribution < -0.4 is 14.8 Å². The van der Waals surface area contributed by atoms with E-state index in [1.165, 1.54) is 35.2 Å². The first kappa shape index (κ1) is 25.2. The summed E-state index contributed by atoms with van der Waals surface area (Å²) in [4.78, 5) is 24.6. The zero-order chi connectivity index (χ0) is 25.1. The van der Waals surface area contributed by atoms with Crippen LogP contribution in [0.4, 0.5) is 14.9 Å². The minimum Gasteiger partial charge on any atom is -0.473 e. The zero-order valence-electron chi connectivity index (χ0n) is 19.5. The van der Waals surface area contributed by atoms with Crippen LogP contribution in [-0.4, -0.2) is 44.8 Å². The SMILES string of the molecule is CC(C)(C)c1cc(/C=C(\F)c2ccc(NS(C)(=O)=O)cc2)cc(OCN2CCC(=O)NC2=O)c1. The summed E-state index contributed by atoms with van der Waals surface area (Å²) in [6, 6.07) is 10.8. The molecule has 10 heteroatoms. The number of rotatable bonds is 7. The van der Waals surface area contributed by atoms with Crippen molar-refractivity contribution in [2.45, 2.75) is 32.6 Å². The molecule has 2 aromatic carbocycles. The number of hydrogen-bond acceptors (Lipinski definition) is 5. The van der Waals surface area contributed by atoms with E-state index in [4.69, 9.17) is 4.74 Å². The minimum atomic E-state index is -3.42. The van der Waals surface area contributed by atoms with Gasteiger partial charge < -0.3 is 4.74 Å². The Morgan fingerprint density at radius 2 is 1.85 bits per heavy atom. The van der Waals surface area contributed by atoms with Gasteiger partial charge >= 0.3 is 6.03 Å². The average molecular weight is 490 g/mol. The molecule has 0 aliphatic carbocycles. The third-order valence-corrected chi connectivity index (χ3v) is 5.69. The average Bonchev–Trinajstić information content (AvgIpc) is 2.71. The van der Waals surface area contributed by atoms with Gasteiger partial charge in [0, 0.05) is 24.2 Å². The summed E-state index contributed by atoms with van der Waals surface area (Å²) in [5.74, 6) is -0.361. The summed E-state index contributed by atoms with van der Waals surface area (Å²) in [6.45, 7) is 6.27. The van der Waals surface area contributed by atoms with Gasteiger partial charge in [0.15, 0.2) is 6.73 Å². The van der Waals surface area contributed by atoms with Crippen LogP contribution in [0.15, 0.2) is 42.5 Å². The van der Waals surface area contributed by atoms with E-state index in [0.717, 1.165) is 11.8 Å². The van der Waals surface area contributed by atoms with Crippen LogP contribution in [0.1, 0.15) is 43.9 Å². The zero-order valence-corrected chi connectivity index (χ0v) is 20.3. The van der Waals surface area contributed by atoms with Gasteiger partial charge in [0.25, 0.3) is 0 Å². The van der Waals surface area contributed by atoms with E-state index in [1.54, 1.807) is 6.07 Å². The fourth-order valence-electron chi connectivity index (χ4n) is 3.24. The minimum absolute atomic E-state index is 0.0485. The lowest BCUT2D eigenvalue weighted by atomic mass is 9.86. The van der Waals surface area contributed by atoms with Crippen LogP contribution >= 0.6 is 0 Å². The quantitative estimate of drug-likeness (QED) is 0.570. The predicted octanol–water partition coefficient (Wildman–Crippen LogP) is 4.10. The predicted molar refractivity (Wildman–Crippen MR) is 129 cm³/mol. The molecule has 182 valence electrons. The number of imide groups is 1. The molecule has 0 aromatic heterocycles. The maximum absolute atomic E-state index is 15.0. The van der Waals surface area contributed by atoms with Gasteiger partial charge in [0.2, 0.25) is 15.9 Å². The van der Waals surface area contributed by atoms with Gasteiger partial charge in [-0.1, -0.05) is 26.8 Å². The van der Waals surface area contributed by atoms with E-state index in [1.807, 2.05) is 32.9 Å². The molecule has 2 aromatic rings. The van der Waals surface area contributed by atoms with E-state index in [2.05, 4.69) is 10.0 Å². The van der Waals surface area contributed by atoms with Crippen LogP contribution in [0.5, 0.6) is 5.75 Å². The van der Waals surface area contributed by atoms with Crippen molar-refractivity contribution >= 4 is 39.6 Å². The van der Waals surface area contributed by atoms with Gasteiger partial charge in [-0.2, -0.15) is 0 Å². The summed E-state index contributed by atoms with van der Waals surface area (Å²) < 4.78 is 45.8. The van der Waals surface area contributed by atoms with Gasteiger partial charge in [0.05, 0.1) is 6.26 Å². The molecule has 0 spiro atoms. The lowest BCUT2D eigenvalue weighted by Crippen LogP contribution is -2.50. The molecular formula is C24H28FN3O5S. The van der Waals surface area contributed by atoms with Gasteiger partial charge in [-0.25, -0.2) is 17.6 Å². The molecule has 3 rings (SSSR count). The molecular weight excluding hydrogens is 461 g/mol. The van der Waals surface area contributed by atoms with Crippen molar-refractivity contribution in [2.75, 3.05) is 24.3 Å². The highest BCUT2D eigenvalue weighted by Crippen LogP contribution is 2.30. The molecule has 2 N–H and O–H groups in total. The number of ether oxygens (including phenoxy) is 1. The third-order valence-electron chi connectivity index (χ3n) is 5.08. The molecule has 0 radical (unpaired) electrons. The molecule has 8 nitrogen and oxygen atoms in total. The van der Waals surface area contributed by atoms with Crippen LogP contribution in [0.3, 0.4) is 0 Å². The largest absolute Gasteiger partial charge is 0.473 e. The summed E-state index contributed by atoms with van der Waals surface area (Å²) in [5, 5.41) is 2.24. The van der Waals surface area contributed by atoms with Crippen LogP contribution in [0.25, 0.3) is 11.9 Å². The standard InChI is InChI=1S/C24H28FN3O5S/c1-24(2,3)18-11-16(12-20(14-18)33-15-28-10-9-22(29)26-23(28)30)13-21(25)17-5-7-19(8-6-17)27-34(4,31)32/h5-8,11-14,27H,9-10,15H2,1-4H3,(H,26,29,30)/b21-13-. The Labute approximate surface area is 198 Å². The number of amides is 3. The molecule has 0 atom stereocenters. The number of nitrogens with zero attached hydrogens (tertiary/aromatic N) is 1. The van der Waals surface area contributed by atoms with Gasteiger partial charge in [0.1, 0.15) is 11.6 Å². The molecule has 1 aliphatic rings. The second kappa shape index (κ2) is 9.84. The number of benzene rings is 2. The fourth-order valence-corrected chi connectivity index (χ4v) is 3.80. The number of carbonyl (C=O) groups is 2. The lowest BCUT2D eigenvalue weighted by molar-refractivity contribution is -0.121. The van der Waals surface area contributed by atoms with E-state index in [9.17, 15) is 18.0 Å². The number of hydrogen-bond donors (Lipinski definition) is 2. The normalized spacial score (nSPS) is 15.2. The Hall–Kier alpha value is -3.40. The van der Waals surface area contributed by atoms with Gasteiger partial charge in [-0.05, 0) is 59.0 Å². The summed E-state index contributed by atoms with van der Waals surface area (Å²) >= 11 is 0. The molecule has 34 heavy (non-hydrogen) atoms. The number of sulfonamides is 1. The Morgan fingerprint density at radius 3 is 2.44 bits per heavy atom. The third kappa shape index (κ3) is 7.05. The Morgan fingerprint density at radius 1 is 1.18 bits per heavy atom. The van der Waals surface area contributed by atoms with Crippen molar-refractivity contribution in [3.8, 4) is 5.75 Å². The second-order valence-electron chi connectivity index (χ2n) is 9.12. The number of carbonyl (C=O) groups excluding carboxylic acids is 2. The molecule has 1 saturated heterocycles. The molecule has 0 unspecified atom stereocenters. The highest BCUT2D eigenvalue weighted by molar-refractivity contribution is 7.92. The van der Waals surface area contributed by atoms with Gasteiger partial charge in [-0.15, -0.1) is 0 Å². The molecule has 3 amide bonds. The summed E-state index contributed by atoms with van der Waals surface area (Å²) in [7, 11) is -3.42. The van der Waals surface area contributed by atoms with Gasteiger partial charge in [-0.3, -0.25) is 19.7 Å². The number of nitrogens with one attached hydrogen (secondary N) is 2. The Balaban J connectivity index is 1.83. The second-order valence-corrected chi connectivity index (χ2v) is 10.9. The smallest absolute Gasteiger partial charge is 0.326 e. The first-order valence-electron chi connectivity index (χ1n) is 10.6. The first-order valence-corrected chi connectivity index (χ1v) is 12.5. The van der Waals surface area contributed by atoms with E-state index in [0.29, 0.717) is 17.0 Å². The molecule has 1 heterocycles. The monoisotopic (exact) mass is 489 g/mol. The van der Waals surface area contributed by atoms with Crippen molar-refractivity contribution < 1.29 is 27.1 Å². The topological polar surface area (TPSA) is 105 Å². The van der Waals surface area contributed by atoms with E-state index < -0.39 is 21.9 Å². The molecule has 1 aliphatic heterocycles. The van der Waals surface area contributed by atoms with E-state index in [-0.39, 0.29) is 36.6 Å². The van der Waals surface area contributed by atoms with Crippen LogP contribution in [0, 0.1) is 0 Å². The number of anilines is 1. The Bertz CT molecular complexity index is 1220. The maximum atomic E-state index is 15.0. The lowest BCUT2D eigenvalue weighted by Gasteiger charge is -2.27. The summed E-state index contributed by atoms with van der Waals surface area (Å²) in [6.07, 6.45) is 2.61. The van der Waals surface area contributed by atoms with Crippen molar-refractivity contribution in [3.63, 3.8) is 0 Å². The van der Waals surface area contributed by atoms with Crippen LogP contribution in [-0.2, 0) is 20.2 Å². The fraction of sp³-hybridized carbons (Fsp3) is 0.333. The Kier molecular flexibility index (Phi) is 7.30. The highest BCUT2D eigenvalue weighted by Gasteiger charge is 2.23. The first-order chi connectivity index (χ1) is 15.8.